The third-order valence-corrected chi connectivity index (χ3v) is 8.65. The van der Waals surface area contributed by atoms with Crippen molar-refractivity contribution in [3.05, 3.63) is 145 Å². The first-order chi connectivity index (χ1) is 20.2. The first-order valence-corrected chi connectivity index (χ1v) is 14.2. The van der Waals surface area contributed by atoms with Crippen molar-refractivity contribution >= 4 is 31.5 Å². The van der Waals surface area contributed by atoms with Gasteiger partial charge >= 0.3 is 0 Å². The predicted octanol–water partition coefficient (Wildman–Crippen LogP) is 10.5. The quantitative estimate of drug-likeness (QED) is 0.224. The summed E-state index contributed by atoms with van der Waals surface area (Å²) < 4.78 is 2.59. The zero-order valence-corrected chi connectivity index (χ0v) is 22.8. The summed E-state index contributed by atoms with van der Waals surface area (Å²) in [5, 5.41) is 21.7. The molecule has 0 N–H and O–H groups in total. The van der Waals surface area contributed by atoms with Gasteiger partial charge in [-0.2, -0.15) is 10.5 Å². The lowest BCUT2D eigenvalue weighted by Gasteiger charge is -2.11. The summed E-state index contributed by atoms with van der Waals surface area (Å²) in [6, 6.07) is 50.3. The number of nitrogens with zero attached hydrogens (tertiary/aromatic N) is 2. The summed E-state index contributed by atoms with van der Waals surface area (Å²) >= 11 is 1.83. The minimum absolute atomic E-state index is 0.625. The van der Waals surface area contributed by atoms with Gasteiger partial charge in [-0.05, 0) is 93.0 Å². The predicted molar refractivity (Wildman–Crippen MR) is 171 cm³/mol. The van der Waals surface area contributed by atoms with Crippen LogP contribution in [0.25, 0.3) is 64.7 Å². The summed E-state index contributed by atoms with van der Waals surface area (Å²) in [5.74, 6) is 0. The molecule has 0 saturated carbocycles. The van der Waals surface area contributed by atoms with E-state index in [2.05, 4.69) is 109 Å². The second kappa shape index (κ2) is 10.2. The van der Waals surface area contributed by atoms with E-state index in [1.165, 1.54) is 25.7 Å². The fourth-order valence-electron chi connectivity index (χ4n) is 5.43. The van der Waals surface area contributed by atoms with Crippen LogP contribution in [0, 0.1) is 22.7 Å². The summed E-state index contributed by atoms with van der Waals surface area (Å²) in [6.45, 7) is 0. The third-order valence-electron chi connectivity index (χ3n) is 7.51. The minimum atomic E-state index is 0.625. The maximum absolute atomic E-state index is 9.84. The molecule has 0 unspecified atom stereocenters. The number of hydrogen-bond acceptors (Lipinski definition) is 3. The molecule has 0 aliphatic carbocycles. The SMILES string of the molecule is N#Cc1cccc(-c2ccc(-c3cc(C#N)cc(-c4cccc(-c5ccc6c(c5)sc5ccccc56)c4)c3)cc2)c1. The largest absolute Gasteiger partial charge is 0.192 e. The van der Waals surface area contributed by atoms with Crippen LogP contribution in [0.1, 0.15) is 11.1 Å². The lowest BCUT2D eigenvalue weighted by Crippen LogP contribution is -1.87. The number of benzene rings is 6. The molecular weight excluding hydrogens is 516 g/mol. The molecule has 0 aliphatic rings. The molecule has 2 nitrogen and oxygen atoms in total. The Morgan fingerprint density at radius 2 is 0.878 bits per heavy atom. The van der Waals surface area contributed by atoms with Crippen LogP contribution in [-0.4, -0.2) is 0 Å². The van der Waals surface area contributed by atoms with E-state index < -0.39 is 0 Å². The van der Waals surface area contributed by atoms with E-state index in [1.54, 1.807) is 0 Å². The Balaban J connectivity index is 1.25. The van der Waals surface area contributed by atoms with Gasteiger partial charge in [0.15, 0.2) is 0 Å². The first kappa shape index (κ1) is 24.6. The van der Waals surface area contributed by atoms with Crippen LogP contribution in [-0.2, 0) is 0 Å². The van der Waals surface area contributed by atoms with E-state index in [1.807, 2.05) is 47.7 Å². The zero-order chi connectivity index (χ0) is 27.8. The minimum Gasteiger partial charge on any atom is -0.192 e. The van der Waals surface area contributed by atoms with Gasteiger partial charge in [0.1, 0.15) is 0 Å². The fourth-order valence-corrected chi connectivity index (χ4v) is 6.58. The first-order valence-electron chi connectivity index (χ1n) is 13.4. The van der Waals surface area contributed by atoms with Crippen LogP contribution in [0.4, 0.5) is 0 Å². The van der Waals surface area contributed by atoms with Crippen LogP contribution in [0.15, 0.2) is 133 Å². The molecule has 0 radical (unpaired) electrons. The second-order valence-electron chi connectivity index (χ2n) is 10.1. The van der Waals surface area contributed by atoms with Crippen molar-refractivity contribution in [1.29, 1.82) is 10.5 Å². The number of thiophene rings is 1. The van der Waals surface area contributed by atoms with Crippen molar-refractivity contribution in [2.45, 2.75) is 0 Å². The van der Waals surface area contributed by atoms with Gasteiger partial charge in [0, 0.05) is 20.2 Å². The maximum atomic E-state index is 9.84. The Kier molecular flexibility index (Phi) is 6.14. The Bertz CT molecular complexity index is 2170. The smallest absolute Gasteiger partial charge is 0.0992 e. The highest BCUT2D eigenvalue weighted by atomic mass is 32.1. The van der Waals surface area contributed by atoms with Gasteiger partial charge in [-0.15, -0.1) is 11.3 Å². The highest BCUT2D eigenvalue weighted by Crippen LogP contribution is 2.37. The number of hydrogen-bond donors (Lipinski definition) is 0. The number of nitriles is 2. The lowest BCUT2D eigenvalue weighted by atomic mass is 9.93. The molecule has 0 aliphatic heterocycles. The Hall–Kier alpha value is -5.48. The van der Waals surface area contributed by atoms with E-state index in [0.29, 0.717) is 11.1 Å². The van der Waals surface area contributed by atoms with Crippen molar-refractivity contribution in [2.24, 2.45) is 0 Å². The topological polar surface area (TPSA) is 47.6 Å². The second-order valence-corrected chi connectivity index (χ2v) is 11.2. The molecule has 0 amide bonds. The Morgan fingerprint density at radius 3 is 1.63 bits per heavy atom. The van der Waals surface area contributed by atoms with Crippen molar-refractivity contribution in [3.8, 4) is 56.6 Å². The molecule has 0 bridgehead atoms. The van der Waals surface area contributed by atoms with E-state index in [-0.39, 0.29) is 0 Å². The molecule has 190 valence electrons. The molecule has 41 heavy (non-hydrogen) atoms. The molecule has 0 saturated heterocycles. The molecule has 0 spiro atoms. The van der Waals surface area contributed by atoms with Gasteiger partial charge in [-0.3, -0.25) is 0 Å². The van der Waals surface area contributed by atoms with E-state index in [9.17, 15) is 10.5 Å². The fraction of sp³-hybridized carbons (Fsp3) is 0. The molecule has 1 aromatic heterocycles. The zero-order valence-electron chi connectivity index (χ0n) is 22.0. The van der Waals surface area contributed by atoms with E-state index in [4.69, 9.17) is 0 Å². The highest BCUT2D eigenvalue weighted by molar-refractivity contribution is 7.25. The normalized spacial score (nSPS) is 10.9. The lowest BCUT2D eigenvalue weighted by molar-refractivity contribution is 1.47. The summed E-state index contributed by atoms with van der Waals surface area (Å²) in [6.07, 6.45) is 0. The van der Waals surface area contributed by atoms with Crippen LogP contribution in [0.2, 0.25) is 0 Å². The molecule has 6 aromatic carbocycles. The molecular formula is C38H22N2S. The number of rotatable bonds is 4. The summed E-state index contributed by atoms with van der Waals surface area (Å²) in [5.41, 5.74) is 9.76. The maximum Gasteiger partial charge on any atom is 0.0992 e. The molecule has 1 heterocycles. The Labute approximate surface area is 242 Å². The summed E-state index contributed by atoms with van der Waals surface area (Å²) in [4.78, 5) is 0. The van der Waals surface area contributed by atoms with Gasteiger partial charge < -0.3 is 0 Å². The number of fused-ring (bicyclic) bond motifs is 3. The van der Waals surface area contributed by atoms with E-state index in [0.717, 1.165) is 38.9 Å². The van der Waals surface area contributed by atoms with Gasteiger partial charge in [-0.25, -0.2) is 0 Å². The van der Waals surface area contributed by atoms with E-state index >= 15 is 0 Å². The van der Waals surface area contributed by atoms with Crippen LogP contribution < -0.4 is 0 Å². The van der Waals surface area contributed by atoms with Gasteiger partial charge in [0.25, 0.3) is 0 Å². The van der Waals surface area contributed by atoms with Crippen molar-refractivity contribution in [2.75, 3.05) is 0 Å². The molecule has 0 fully saturated rings. The average Bonchev–Trinajstić information content (AvgIpc) is 3.42. The molecule has 0 atom stereocenters. The van der Waals surface area contributed by atoms with Crippen LogP contribution in [0.5, 0.6) is 0 Å². The average molecular weight is 539 g/mol. The molecule has 3 heteroatoms. The molecule has 7 aromatic rings. The summed E-state index contributed by atoms with van der Waals surface area (Å²) in [7, 11) is 0. The third kappa shape index (κ3) is 4.66. The van der Waals surface area contributed by atoms with Crippen LogP contribution in [0.3, 0.4) is 0 Å². The van der Waals surface area contributed by atoms with Crippen molar-refractivity contribution in [3.63, 3.8) is 0 Å². The highest BCUT2D eigenvalue weighted by Gasteiger charge is 2.10. The van der Waals surface area contributed by atoms with Crippen molar-refractivity contribution in [1.82, 2.24) is 0 Å². The monoisotopic (exact) mass is 538 g/mol. The Morgan fingerprint density at radius 1 is 0.366 bits per heavy atom. The van der Waals surface area contributed by atoms with Gasteiger partial charge in [0.05, 0.1) is 23.3 Å². The molecule has 7 rings (SSSR count). The van der Waals surface area contributed by atoms with Gasteiger partial charge in [0.2, 0.25) is 0 Å². The van der Waals surface area contributed by atoms with Gasteiger partial charge in [-0.1, -0.05) is 84.9 Å². The van der Waals surface area contributed by atoms with Crippen LogP contribution >= 0.6 is 11.3 Å². The van der Waals surface area contributed by atoms with Crippen molar-refractivity contribution < 1.29 is 0 Å². The standard InChI is InChI=1S/C38H22N2S/c39-23-25-5-3-6-29(17-25)27-11-13-28(14-12-27)33-18-26(24-40)19-34(21-33)31-8-4-7-30(20-31)32-15-16-36-35-9-1-2-10-37(35)41-38(36)22-32/h1-22H.